The van der Waals surface area contributed by atoms with Gasteiger partial charge in [-0.3, -0.25) is 0 Å². The second kappa shape index (κ2) is 14.7. The molecule has 8 aromatic rings. The first-order valence-corrected chi connectivity index (χ1v) is 22.5. The zero-order valence-electron chi connectivity index (χ0n) is 30.9. The first-order chi connectivity index (χ1) is 23.8. The Labute approximate surface area is 311 Å². The molecule has 0 aromatic heterocycles. The van der Waals surface area contributed by atoms with Gasteiger partial charge in [-0.05, 0) is 43.5 Å². The minimum atomic E-state index is 0.120. The molecule has 50 heavy (non-hydrogen) atoms. The molecular weight excluding hydrogens is 652 g/mol. The Kier molecular flexibility index (Phi) is 10.5. The van der Waals surface area contributed by atoms with Gasteiger partial charge in [-0.15, -0.1) is 69.1 Å². The molecule has 0 amide bonds. The van der Waals surface area contributed by atoms with Crippen LogP contribution in [0.3, 0.4) is 0 Å². The predicted octanol–water partition coefficient (Wildman–Crippen LogP) is 14.1. The van der Waals surface area contributed by atoms with Crippen LogP contribution in [0.2, 0.25) is 13.1 Å². The van der Waals surface area contributed by atoms with Gasteiger partial charge in [0.1, 0.15) is 0 Å². The molecule has 0 atom stereocenters. The quantitative estimate of drug-likeness (QED) is 0.124. The summed E-state index contributed by atoms with van der Waals surface area (Å²) in [5, 5.41) is 10.6. The molecule has 0 saturated heterocycles. The fourth-order valence-electron chi connectivity index (χ4n) is 6.73. The van der Waals surface area contributed by atoms with E-state index in [1.54, 1.807) is 0 Å². The number of fused-ring (bicyclic) bond motifs is 4. The Morgan fingerprint density at radius 2 is 0.720 bits per heavy atom. The Hall–Kier alpha value is -4.01. The van der Waals surface area contributed by atoms with Crippen molar-refractivity contribution in [3.8, 4) is 22.3 Å². The molecule has 0 N–H and O–H groups in total. The van der Waals surface area contributed by atoms with Crippen LogP contribution >= 0.6 is 0 Å². The third kappa shape index (κ3) is 7.82. The summed E-state index contributed by atoms with van der Waals surface area (Å²) in [5.41, 5.74) is 8.45. The van der Waals surface area contributed by atoms with Crippen LogP contribution in [0.25, 0.3) is 65.3 Å². The molecule has 0 radical (unpaired) electrons. The van der Waals surface area contributed by atoms with Crippen molar-refractivity contribution in [1.82, 2.24) is 0 Å². The SMILES string of the molecule is CC(C)(C)c1cc2c(-c3cccc4ccccc34)cccc2[cH-]1.CC(C)(C)c1cc2c(-c3cccc4ccccc34)cccc2[cH-]1.C[Si](C)=[Ti+2]. The van der Waals surface area contributed by atoms with Gasteiger partial charge in [0.2, 0.25) is 0 Å². The van der Waals surface area contributed by atoms with Gasteiger partial charge >= 0.3 is 38.5 Å². The van der Waals surface area contributed by atoms with Crippen LogP contribution in [-0.2, 0) is 30.0 Å². The summed E-state index contributed by atoms with van der Waals surface area (Å²) in [6.07, 6.45) is 0.120. The van der Waals surface area contributed by atoms with Crippen molar-refractivity contribution in [1.29, 1.82) is 0 Å². The normalized spacial score (nSPS) is 11.7. The molecule has 0 unspecified atom stereocenters. The molecule has 0 aliphatic carbocycles. The first-order valence-electron chi connectivity index (χ1n) is 17.7. The van der Waals surface area contributed by atoms with Gasteiger partial charge in [0, 0.05) is 0 Å². The molecule has 0 saturated carbocycles. The van der Waals surface area contributed by atoms with E-state index in [9.17, 15) is 0 Å². The summed E-state index contributed by atoms with van der Waals surface area (Å²) in [7, 11) is 0. The number of benzene rings is 6. The summed E-state index contributed by atoms with van der Waals surface area (Å²) in [5.74, 6) is 0. The van der Waals surface area contributed by atoms with Gasteiger partial charge in [0.25, 0.3) is 0 Å². The van der Waals surface area contributed by atoms with Gasteiger partial charge in [-0.25, -0.2) is 0 Å². The molecule has 0 fully saturated rings. The molecule has 0 bridgehead atoms. The second-order valence-electron chi connectivity index (χ2n) is 15.7. The van der Waals surface area contributed by atoms with Crippen molar-refractivity contribution in [2.75, 3.05) is 0 Å². The van der Waals surface area contributed by atoms with Crippen LogP contribution in [0.5, 0.6) is 0 Å². The standard InChI is InChI=1S/2C23H21.C2H6Si.Ti/c2*1-23(2,3)18-14-17-10-7-13-21(22(17)15-18)20-12-6-9-16-8-4-5-11-19(16)20;1-3-2;/h2*4-15H,1-3H3;1-2H3;/q2*-1;;+2. The van der Waals surface area contributed by atoms with Crippen LogP contribution in [0, 0.1) is 0 Å². The third-order valence-electron chi connectivity index (χ3n) is 9.39. The molecule has 8 rings (SSSR count). The van der Waals surface area contributed by atoms with Gasteiger partial charge in [-0.1, -0.05) is 150 Å². The molecule has 2 heteroatoms. The Balaban J connectivity index is 0.000000156. The van der Waals surface area contributed by atoms with Crippen molar-refractivity contribution in [3.05, 3.63) is 157 Å². The Morgan fingerprint density at radius 3 is 1.08 bits per heavy atom. The Bertz CT molecular complexity index is 2260. The molecule has 248 valence electrons. The fourth-order valence-corrected chi connectivity index (χ4v) is 6.73. The molecule has 0 spiro atoms. The number of rotatable bonds is 2. The minimum absolute atomic E-state index is 0.120. The predicted molar refractivity (Wildman–Crippen MR) is 220 cm³/mol. The molecule has 0 aliphatic rings. The van der Waals surface area contributed by atoms with E-state index in [0.29, 0.717) is 0 Å². The Morgan fingerprint density at radius 1 is 0.420 bits per heavy atom. The molecule has 0 aliphatic heterocycles. The van der Waals surface area contributed by atoms with E-state index < -0.39 is 0 Å². The molecule has 8 aromatic carbocycles. The van der Waals surface area contributed by atoms with Crippen LogP contribution in [0.4, 0.5) is 0 Å². The van der Waals surface area contributed by atoms with E-state index in [4.69, 9.17) is 0 Å². The van der Waals surface area contributed by atoms with Crippen LogP contribution in [-0.4, -0.2) is 6.19 Å². The van der Waals surface area contributed by atoms with Crippen LogP contribution in [0.15, 0.2) is 146 Å². The van der Waals surface area contributed by atoms with Gasteiger partial charge in [0.05, 0.1) is 0 Å². The van der Waals surface area contributed by atoms with Crippen molar-refractivity contribution in [3.63, 3.8) is 0 Å². The van der Waals surface area contributed by atoms with E-state index >= 15 is 0 Å². The summed E-state index contributed by atoms with van der Waals surface area (Å²) in [4.78, 5) is 0. The van der Waals surface area contributed by atoms with Crippen molar-refractivity contribution < 1.29 is 19.2 Å². The molecular formula is C48H48SiTi. The van der Waals surface area contributed by atoms with Gasteiger partial charge in [-0.2, -0.15) is 12.1 Å². The monoisotopic (exact) mass is 700 g/mol. The van der Waals surface area contributed by atoms with Gasteiger partial charge < -0.3 is 0 Å². The van der Waals surface area contributed by atoms with Crippen molar-refractivity contribution in [2.24, 2.45) is 0 Å². The van der Waals surface area contributed by atoms with Crippen molar-refractivity contribution >= 4 is 49.3 Å². The van der Waals surface area contributed by atoms with Gasteiger partial charge in [0.15, 0.2) is 0 Å². The molecule has 0 nitrogen and oxygen atoms in total. The van der Waals surface area contributed by atoms with E-state index in [1.807, 2.05) is 0 Å². The van der Waals surface area contributed by atoms with E-state index in [2.05, 4.69) is 219 Å². The number of hydrogen-bond donors (Lipinski definition) is 0. The van der Waals surface area contributed by atoms with E-state index in [0.717, 1.165) is 0 Å². The fraction of sp³-hybridized carbons (Fsp3) is 0.208. The van der Waals surface area contributed by atoms with E-state index in [-0.39, 0.29) is 17.0 Å². The maximum absolute atomic E-state index is 2.37. The second-order valence-corrected chi connectivity index (χ2v) is 22.3. The van der Waals surface area contributed by atoms with Crippen LogP contribution < -0.4 is 0 Å². The average Bonchev–Trinajstić information content (AvgIpc) is 3.74. The summed E-state index contributed by atoms with van der Waals surface area (Å²) in [6, 6.07) is 53.1. The van der Waals surface area contributed by atoms with Crippen LogP contribution in [0.1, 0.15) is 52.7 Å². The zero-order chi connectivity index (χ0) is 35.6. The zero-order valence-corrected chi connectivity index (χ0v) is 33.4. The average molecular weight is 701 g/mol. The topological polar surface area (TPSA) is 0 Å². The maximum atomic E-state index is 2.37. The van der Waals surface area contributed by atoms with Crippen molar-refractivity contribution in [2.45, 2.75) is 65.5 Å². The molecule has 0 heterocycles. The van der Waals surface area contributed by atoms with E-state index in [1.165, 1.54) is 76.5 Å². The first kappa shape index (κ1) is 35.8. The summed E-state index contributed by atoms with van der Waals surface area (Å²) >= 11 is 2.27. The summed E-state index contributed by atoms with van der Waals surface area (Å²) in [6.45, 7) is 18.2. The number of hydrogen-bond acceptors (Lipinski definition) is 0. The third-order valence-corrected chi connectivity index (χ3v) is 9.39. The summed E-state index contributed by atoms with van der Waals surface area (Å²) < 4.78 is 0.